The van der Waals surface area contributed by atoms with E-state index in [2.05, 4.69) is 27.5 Å². The maximum atomic E-state index is 14.3. The minimum Gasteiger partial charge on any atom is -0.488 e. The third kappa shape index (κ3) is 6.03. The normalized spacial score (nSPS) is 17.2. The van der Waals surface area contributed by atoms with Crippen LogP contribution in [0.25, 0.3) is 33.5 Å². The zero-order valence-electron chi connectivity index (χ0n) is 24.5. The number of H-pyrrole nitrogens is 1. The van der Waals surface area contributed by atoms with E-state index in [1.54, 1.807) is 6.33 Å². The first-order valence-electron chi connectivity index (χ1n) is 15.1. The predicted molar refractivity (Wildman–Crippen MR) is 165 cm³/mol. The molecule has 1 fully saturated rings. The van der Waals surface area contributed by atoms with Gasteiger partial charge < -0.3 is 19.3 Å². The summed E-state index contributed by atoms with van der Waals surface area (Å²) < 4.78 is 8.00. The van der Waals surface area contributed by atoms with Gasteiger partial charge in [-0.15, -0.1) is 10.2 Å². The number of ether oxygens (including phenoxy) is 1. The average molecular weight is 594 g/mol. The van der Waals surface area contributed by atoms with E-state index >= 15 is 0 Å². The first kappa shape index (κ1) is 29.0. The molecule has 1 aliphatic heterocycles. The Labute approximate surface area is 254 Å². The van der Waals surface area contributed by atoms with Crippen LogP contribution >= 0.6 is 0 Å². The summed E-state index contributed by atoms with van der Waals surface area (Å²) in [7, 11) is 0. The van der Waals surface area contributed by atoms with Gasteiger partial charge >= 0.3 is 5.97 Å². The van der Waals surface area contributed by atoms with Crippen LogP contribution in [0, 0.1) is 0 Å². The Morgan fingerprint density at radius 1 is 1.02 bits per heavy atom. The van der Waals surface area contributed by atoms with E-state index in [-0.39, 0.29) is 18.9 Å². The second-order valence-corrected chi connectivity index (χ2v) is 11.1. The lowest BCUT2D eigenvalue weighted by atomic mass is 9.98. The maximum absolute atomic E-state index is 14.3. The quantitative estimate of drug-likeness (QED) is 0.180. The number of rotatable bonds is 12. The lowest BCUT2D eigenvalue weighted by molar-refractivity contribution is -0.149. The van der Waals surface area contributed by atoms with Crippen LogP contribution in [0.4, 0.5) is 0 Å². The van der Waals surface area contributed by atoms with Crippen molar-refractivity contribution in [3.63, 3.8) is 0 Å². The van der Waals surface area contributed by atoms with Crippen LogP contribution in [-0.4, -0.2) is 70.7 Å². The Kier molecular flexibility index (Phi) is 8.62. The van der Waals surface area contributed by atoms with Crippen LogP contribution in [0.3, 0.4) is 0 Å². The van der Waals surface area contributed by atoms with Crippen molar-refractivity contribution in [1.29, 1.82) is 0 Å². The fraction of sp³-hybridized carbons (Fsp3) is 0.333. The molecular formula is C33H35N7O4. The van der Waals surface area contributed by atoms with Crippen LogP contribution < -0.4 is 4.74 Å². The fourth-order valence-electron chi connectivity index (χ4n) is 6.04. The molecule has 1 saturated heterocycles. The number of aromatic nitrogens is 6. The van der Waals surface area contributed by atoms with Crippen LogP contribution in [0.15, 0.2) is 79.1 Å². The number of hydrogen-bond acceptors (Lipinski definition) is 7. The van der Waals surface area contributed by atoms with Crippen molar-refractivity contribution in [2.45, 2.75) is 63.6 Å². The van der Waals surface area contributed by atoms with Gasteiger partial charge in [0.05, 0.1) is 23.9 Å². The highest BCUT2D eigenvalue weighted by Gasteiger charge is 2.43. The second kappa shape index (κ2) is 13.1. The number of para-hydroxylation sites is 1. The smallest absolute Gasteiger partial charge is 0.326 e. The summed E-state index contributed by atoms with van der Waals surface area (Å²) >= 11 is 0. The molecule has 44 heavy (non-hydrogen) atoms. The molecule has 1 aliphatic rings. The molecule has 3 atom stereocenters. The van der Waals surface area contributed by atoms with Gasteiger partial charge in [0.2, 0.25) is 11.7 Å². The van der Waals surface area contributed by atoms with E-state index in [4.69, 9.17) is 9.72 Å². The molecule has 3 unspecified atom stereocenters. The highest BCUT2D eigenvalue weighted by Crippen LogP contribution is 2.34. The number of imidazole rings is 1. The van der Waals surface area contributed by atoms with Gasteiger partial charge in [0.1, 0.15) is 23.9 Å². The summed E-state index contributed by atoms with van der Waals surface area (Å²) in [6, 6.07) is 21.5. The number of nitrogens with one attached hydrogen (secondary N) is 1. The van der Waals surface area contributed by atoms with Crippen LogP contribution in [0.2, 0.25) is 0 Å². The standard InChI is InChI=1S/C33H35N7O4/c1-2-3-4-8-15-29(32(41)39-20-24(19-30(39)33(42)43)44-23-11-6-5-7-12-23)40-21-34-27-18-22(16-17-28(27)40)25-13-9-10-14-26(25)31-35-37-38-36-31/h5-7,9-14,16-18,21,24,29-30H,2-4,8,15,19-20H2,1H3,(H,42,43)(H,35,36,37,38). The second-order valence-electron chi connectivity index (χ2n) is 11.1. The number of nitrogens with zero attached hydrogens (tertiary/aromatic N) is 6. The van der Waals surface area contributed by atoms with Crippen molar-refractivity contribution in [1.82, 2.24) is 35.1 Å². The Bertz CT molecular complexity index is 1720. The molecule has 5 aromatic rings. The number of aliphatic carboxylic acids is 1. The molecule has 11 nitrogen and oxygen atoms in total. The van der Waals surface area contributed by atoms with E-state index in [9.17, 15) is 14.7 Å². The molecule has 0 aliphatic carbocycles. The molecule has 0 spiro atoms. The number of fused-ring (bicyclic) bond motifs is 1. The lowest BCUT2D eigenvalue weighted by Gasteiger charge is -2.28. The van der Waals surface area contributed by atoms with Gasteiger partial charge in [-0.05, 0) is 47.0 Å². The molecule has 1 amide bonds. The average Bonchev–Trinajstić information content (AvgIpc) is 3.82. The molecule has 2 aromatic heterocycles. The minimum atomic E-state index is -1.03. The molecule has 3 aromatic carbocycles. The third-order valence-electron chi connectivity index (χ3n) is 8.23. The molecule has 3 heterocycles. The van der Waals surface area contributed by atoms with Gasteiger partial charge in [-0.2, -0.15) is 5.21 Å². The number of hydrogen-bond donors (Lipinski definition) is 2. The number of carboxylic acid groups (broad SMARTS) is 1. The van der Waals surface area contributed by atoms with E-state index in [0.29, 0.717) is 18.0 Å². The maximum Gasteiger partial charge on any atom is 0.326 e. The van der Waals surface area contributed by atoms with Gasteiger partial charge in [0.15, 0.2) is 0 Å². The molecule has 0 saturated carbocycles. The van der Waals surface area contributed by atoms with Gasteiger partial charge in [0.25, 0.3) is 0 Å². The van der Waals surface area contributed by atoms with Crippen molar-refractivity contribution in [2.75, 3.05) is 6.54 Å². The number of carbonyl (C=O) groups is 2. The summed E-state index contributed by atoms with van der Waals surface area (Å²) in [4.78, 5) is 32.8. The number of benzene rings is 3. The Balaban J connectivity index is 1.31. The number of tetrazole rings is 1. The van der Waals surface area contributed by atoms with E-state index in [1.807, 2.05) is 77.4 Å². The predicted octanol–water partition coefficient (Wildman–Crippen LogP) is 5.53. The van der Waals surface area contributed by atoms with Gasteiger partial charge in [0, 0.05) is 12.0 Å². The molecule has 11 heteroatoms. The molecule has 0 bridgehead atoms. The molecular weight excluding hydrogens is 558 g/mol. The highest BCUT2D eigenvalue weighted by atomic mass is 16.5. The molecule has 0 radical (unpaired) electrons. The summed E-state index contributed by atoms with van der Waals surface area (Å²) in [5.74, 6) is -0.0944. The van der Waals surface area contributed by atoms with Crippen molar-refractivity contribution in [2.24, 2.45) is 0 Å². The van der Waals surface area contributed by atoms with E-state index < -0.39 is 24.2 Å². The number of aromatic amines is 1. The van der Waals surface area contributed by atoms with E-state index in [1.165, 1.54) is 4.90 Å². The van der Waals surface area contributed by atoms with Gasteiger partial charge in [-0.25, -0.2) is 9.78 Å². The zero-order valence-corrected chi connectivity index (χ0v) is 24.5. The summed E-state index contributed by atoms with van der Waals surface area (Å²) in [5.41, 5.74) is 4.25. The lowest BCUT2D eigenvalue weighted by Crippen LogP contribution is -2.44. The summed E-state index contributed by atoms with van der Waals surface area (Å²) in [6.45, 7) is 2.36. The highest BCUT2D eigenvalue weighted by molar-refractivity contribution is 5.90. The van der Waals surface area contributed by atoms with Gasteiger partial charge in [-0.1, -0.05) is 81.1 Å². The molecule has 226 valence electrons. The van der Waals surface area contributed by atoms with Crippen molar-refractivity contribution >= 4 is 22.9 Å². The summed E-state index contributed by atoms with van der Waals surface area (Å²) in [6.07, 6.45) is 6.08. The van der Waals surface area contributed by atoms with Crippen LogP contribution in [-0.2, 0) is 9.59 Å². The SMILES string of the molecule is CCCCCCC(C(=O)N1CC(Oc2ccccc2)CC1C(=O)O)n1cnc2cc(-c3ccccc3-c3nn[nH]n3)ccc21. The Morgan fingerprint density at radius 3 is 2.57 bits per heavy atom. The van der Waals surface area contributed by atoms with Gasteiger partial charge in [-0.3, -0.25) is 4.79 Å². The van der Waals surface area contributed by atoms with Crippen molar-refractivity contribution < 1.29 is 19.4 Å². The number of unbranched alkanes of at least 4 members (excludes halogenated alkanes) is 3. The van der Waals surface area contributed by atoms with Crippen molar-refractivity contribution in [3.05, 3.63) is 79.1 Å². The zero-order chi connectivity index (χ0) is 30.5. The number of likely N-dealkylation sites (tertiary alicyclic amines) is 1. The first-order valence-corrected chi connectivity index (χ1v) is 15.1. The number of amides is 1. The summed E-state index contributed by atoms with van der Waals surface area (Å²) in [5, 5.41) is 24.6. The topological polar surface area (TPSA) is 139 Å². The minimum absolute atomic E-state index is 0.208. The monoisotopic (exact) mass is 593 g/mol. The third-order valence-corrected chi connectivity index (χ3v) is 8.23. The molecule has 2 N–H and O–H groups in total. The Morgan fingerprint density at radius 2 is 1.82 bits per heavy atom. The van der Waals surface area contributed by atoms with Crippen molar-refractivity contribution in [3.8, 4) is 28.3 Å². The Hall–Kier alpha value is -5.06. The fourth-order valence-corrected chi connectivity index (χ4v) is 6.04. The van der Waals surface area contributed by atoms with Crippen LogP contribution in [0.1, 0.15) is 51.5 Å². The first-order chi connectivity index (χ1) is 21.5. The van der Waals surface area contributed by atoms with E-state index in [0.717, 1.165) is 53.4 Å². The number of carbonyl (C=O) groups excluding carboxylic acids is 1. The largest absolute Gasteiger partial charge is 0.488 e. The number of carboxylic acids is 1. The van der Waals surface area contributed by atoms with Crippen LogP contribution in [0.5, 0.6) is 5.75 Å². The molecule has 6 rings (SSSR count).